The zero-order valence-electron chi connectivity index (χ0n) is 12.3. The molecule has 0 N–H and O–H groups in total. The zero-order chi connectivity index (χ0) is 14.0. The van der Waals surface area contributed by atoms with Gasteiger partial charge < -0.3 is 4.55 Å². The summed E-state index contributed by atoms with van der Waals surface area (Å²) in [5, 5.41) is 0. The van der Waals surface area contributed by atoms with Gasteiger partial charge in [-0.05, 0) is 57.6 Å². The molecule has 2 rings (SSSR count). The van der Waals surface area contributed by atoms with Gasteiger partial charge in [-0.15, -0.1) is 0 Å². The van der Waals surface area contributed by atoms with Crippen LogP contribution in [0.2, 0.25) is 0 Å². The Labute approximate surface area is 119 Å². The Kier molecular flexibility index (Phi) is 4.36. The maximum atomic E-state index is 12.2. The maximum absolute atomic E-state index is 12.2. The molecule has 1 aromatic rings. The summed E-state index contributed by atoms with van der Waals surface area (Å²) in [6.45, 7) is 7.95. The lowest BCUT2D eigenvalue weighted by molar-refractivity contribution is 0.561. The van der Waals surface area contributed by atoms with Gasteiger partial charge in [-0.1, -0.05) is 29.5 Å². The highest BCUT2D eigenvalue weighted by molar-refractivity contribution is 7.91. The third kappa shape index (κ3) is 3.83. The molecule has 1 aliphatic rings. The molecule has 2 nitrogen and oxygen atoms in total. The number of rotatable bonds is 4. The van der Waals surface area contributed by atoms with E-state index in [0.717, 1.165) is 23.6 Å². The third-order valence-electron chi connectivity index (χ3n) is 3.32. The van der Waals surface area contributed by atoms with Crippen LogP contribution in [0, 0.1) is 0 Å². The van der Waals surface area contributed by atoms with Gasteiger partial charge in [0.1, 0.15) is 16.1 Å². The van der Waals surface area contributed by atoms with Crippen LogP contribution < -0.4 is 0 Å². The second-order valence-corrected chi connectivity index (χ2v) is 8.06. The molecule has 1 aromatic carbocycles. The van der Waals surface area contributed by atoms with Gasteiger partial charge in [0.2, 0.25) is 0 Å². The predicted octanol–water partition coefficient (Wildman–Crippen LogP) is 4.23. The summed E-state index contributed by atoms with van der Waals surface area (Å²) in [6, 6.07) is 8.58. The van der Waals surface area contributed by atoms with E-state index in [4.69, 9.17) is 0 Å². The molecule has 1 aliphatic carbocycles. The van der Waals surface area contributed by atoms with Crippen LogP contribution in [-0.2, 0) is 11.4 Å². The average Bonchev–Trinajstić information content (AvgIpc) is 3.18. The second-order valence-electron chi connectivity index (χ2n) is 6.15. The first-order chi connectivity index (χ1) is 8.91. The van der Waals surface area contributed by atoms with E-state index in [-0.39, 0.29) is 4.75 Å². The quantitative estimate of drug-likeness (QED) is 0.599. The van der Waals surface area contributed by atoms with Crippen molar-refractivity contribution in [1.82, 2.24) is 0 Å². The molecule has 0 heterocycles. The van der Waals surface area contributed by atoms with Gasteiger partial charge in [0.05, 0.1) is 5.71 Å². The summed E-state index contributed by atoms with van der Waals surface area (Å²) in [5.41, 5.74) is 3.49. The van der Waals surface area contributed by atoms with Gasteiger partial charge in [0, 0.05) is 5.56 Å². The Balaban J connectivity index is 2.26. The van der Waals surface area contributed by atoms with E-state index >= 15 is 0 Å². The minimum Gasteiger partial charge on any atom is -0.591 e. The van der Waals surface area contributed by atoms with Crippen LogP contribution in [0.4, 0.5) is 0 Å². The molecule has 1 atom stereocenters. The fraction of sp³-hybridized carbons (Fsp3) is 0.562. The lowest BCUT2D eigenvalue weighted by Crippen LogP contribution is -2.27. The molecule has 19 heavy (non-hydrogen) atoms. The molecule has 0 spiro atoms. The number of hydrogen-bond acceptors (Lipinski definition) is 2. The van der Waals surface area contributed by atoms with E-state index in [1.165, 1.54) is 18.4 Å². The Morgan fingerprint density at radius 3 is 2.58 bits per heavy atom. The highest BCUT2D eigenvalue weighted by Gasteiger charge is 2.28. The van der Waals surface area contributed by atoms with Crippen LogP contribution in [-0.4, -0.2) is 15.0 Å². The Morgan fingerprint density at radius 2 is 2.05 bits per heavy atom. The molecular formula is C16H23NOS. The molecule has 0 amide bonds. The standard InChI is InChI=1S/C16H23NOS/c1-5-15(17-19(18)16(2,3)4)14-8-6-7-13(11-14)12-9-10-12/h6-8,11-12H,5,9-10H2,1-4H3. The predicted molar refractivity (Wildman–Crippen MR) is 83.1 cm³/mol. The van der Waals surface area contributed by atoms with Crippen molar-refractivity contribution in [3.63, 3.8) is 0 Å². The molecule has 104 valence electrons. The van der Waals surface area contributed by atoms with Crippen molar-refractivity contribution in [1.29, 1.82) is 0 Å². The highest BCUT2D eigenvalue weighted by atomic mass is 32.2. The van der Waals surface area contributed by atoms with Gasteiger partial charge >= 0.3 is 0 Å². The van der Waals surface area contributed by atoms with Crippen LogP contribution in [0.15, 0.2) is 28.7 Å². The van der Waals surface area contributed by atoms with E-state index in [1.54, 1.807) is 0 Å². The molecule has 1 saturated carbocycles. The minimum absolute atomic E-state index is 0.297. The molecule has 0 bridgehead atoms. The normalized spacial score (nSPS) is 18.5. The van der Waals surface area contributed by atoms with Crippen molar-refractivity contribution < 1.29 is 4.55 Å². The number of hydrogen-bond donors (Lipinski definition) is 0. The molecule has 1 unspecified atom stereocenters. The van der Waals surface area contributed by atoms with E-state index in [2.05, 4.69) is 35.6 Å². The monoisotopic (exact) mass is 277 g/mol. The summed E-state index contributed by atoms with van der Waals surface area (Å²) < 4.78 is 16.3. The summed E-state index contributed by atoms with van der Waals surface area (Å²) in [5.74, 6) is 0.742. The van der Waals surface area contributed by atoms with Crippen LogP contribution in [0.1, 0.15) is 64.0 Å². The van der Waals surface area contributed by atoms with Crippen LogP contribution in [0.5, 0.6) is 0 Å². The van der Waals surface area contributed by atoms with E-state index in [0.29, 0.717) is 0 Å². The minimum atomic E-state index is -1.18. The Bertz CT molecular complexity index is 472. The Morgan fingerprint density at radius 1 is 1.37 bits per heavy atom. The second kappa shape index (κ2) is 5.68. The van der Waals surface area contributed by atoms with E-state index in [1.807, 2.05) is 20.8 Å². The molecule has 0 radical (unpaired) electrons. The first kappa shape index (κ1) is 14.6. The topological polar surface area (TPSA) is 35.4 Å². The maximum Gasteiger partial charge on any atom is 0.144 e. The largest absolute Gasteiger partial charge is 0.591 e. The van der Waals surface area contributed by atoms with Gasteiger partial charge in [0.25, 0.3) is 0 Å². The van der Waals surface area contributed by atoms with Gasteiger partial charge in [-0.3, -0.25) is 0 Å². The van der Waals surface area contributed by atoms with Gasteiger partial charge in [-0.2, -0.15) is 0 Å². The highest BCUT2D eigenvalue weighted by Crippen LogP contribution is 2.40. The van der Waals surface area contributed by atoms with Crippen LogP contribution >= 0.6 is 0 Å². The average molecular weight is 277 g/mol. The van der Waals surface area contributed by atoms with E-state index < -0.39 is 11.4 Å². The van der Waals surface area contributed by atoms with Gasteiger partial charge in [-0.25, -0.2) is 0 Å². The van der Waals surface area contributed by atoms with E-state index in [9.17, 15) is 4.55 Å². The lowest BCUT2D eigenvalue weighted by atomic mass is 10.0. The van der Waals surface area contributed by atoms with Crippen molar-refractivity contribution in [2.24, 2.45) is 4.40 Å². The number of benzene rings is 1. The zero-order valence-corrected chi connectivity index (χ0v) is 13.1. The third-order valence-corrected chi connectivity index (χ3v) is 4.75. The SMILES string of the molecule is CCC(=N[S+]([O-])C(C)(C)C)c1cccc(C2CC2)c1. The van der Waals surface area contributed by atoms with Crippen LogP contribution in [0.3, 0.4) is 0 Å². The smallest absolute Gasteiger partial charge is 0.144 e. The fourth-order valence-corrected chi connectivity index (χ4v) is 2.66. The lowest BCUT2D eigenvalue weighted by Gasteiger charge is -2.19. The van der Waals surface area contributed by atoms with Crippen LogP contribution in [0.25, 0.3) is 0 Å². The van der Waals surface area contributed by atoms with Crippen molar-refractivity contribution in [2.75, 3.05) is 0 Å². The first-order valence-electron chi connectivity index (χ1n) is 7.01. The molecule has 0 saturated heterocycles. The first-order valence-corrected chi connectivity index (χ1v) is 8.12. The summed E-state index contributed by atoms with van der Waals surface area (Å²) >= 11 is -1.18. The Hall–Kier alpha value is -0.800. The summed E-state index contributed by atoms with van der Waals surface area (Å²) in [6.07, 6.45) is 3.42. The fourth-order valence-electron chi connectivity index (χ4n) is 1.95. The van der Waals surface area contributed by atoms with Crippen molar-refractivity contribution >= 4 is 17.1 Å². The van der Waals surface area contributed by atoms with Gasteiger partial charge in [0.15, 0.2) is 0 Å². The van der Waals surface area contributed by atoms with Crippen molar-refractivity contribution in [3.05, 3.63) is 35.4 Å². The molecule has 0 aliphatic heterocycles. The molecule has 3 heteroatoms. The number of nitrogens with zero attached hydrogens (tertiary/aromatic N) is 1. The summed E-state index contributed by atoms with van der Waals surface area (Å²) in [7, 11) is 0. The molecule has 0 aromatic heterocycles. The van der Waals surface area contributed by atoms with Crippen molar-refractivity contribution in [2.45, 2.75) is 57.6 Å². The molecular weight excluding hydrogens is 254 g/mol. The summed E-state index contributed by atoms with van der Waals surface area (Å²) in [4.78, 5) is 0. The molecule has 1 fully saturated rings. The van der Waals surface area contributed by atoms with Crippen molar-refractivity contribution in [3.8, 4) is 0 Å².